The number of aromatic nitrogens is 2. The Kier molecular flexibility index (Phi) is 3.95. The molecule has 25 heavy (non-hydrogen) atoms. The highest BCUT2D eigenvalue weighted by Crippen LogP contribution is 2.33. The Morgan fingerprint density at radius 2 is 1.80 bits per heavy atom. The van der Waals surface area contributed by atoms with Gasteiger partial charge in [-0.2, -0.15) is 4.31 Å². The third-order valence-electron chi connectivity index (χ3n) is 4.13. The summed E-state index contributed by atoms with van der Waals surface area (Å²) in [7, 11) is -3.70. The van der Waals surface area contributed by atoms with Crippen LogP contribution < -0.4 is 11.1 Å². The summed E-state index contributed by atoms with van der Waals surface area (Å²) in [6.07, 6.45) is 0.669. The number of halogens is 1. The molecule has 2 N–H and O–H groups in total. The molecule has 10 heteroatoms. The number of nitrogens with one attached hydrogen (secondary N) is 2. The van der Waals surface area contributed by atoms with Crippen molar-refractivity contribution in [2.45, 2.75) is 17.9 Å². The molecule has 1 aliphatic rings. The van der Waals surface area contributed by atoms with Crippen molar-refractivity contribution in [3.63, 3.8) is 0 Å². The normalized spacial score (nSPS) is 15.4. The van der Waals surface area contributed by atoms with Crippen molar-refractivity contribution in [1.29, 1.82) is 0 Å². The number of rotatable bonds is 2. The van der Waals surface area contributed by atoms with E-state index in [4.69, 9.17) is 0 Å². The molecule has 0 unspecified atom stereocenters. The summed E-state index contributed by atoms with van der Waals surface area (Å²) in [5.74, 6) is 0. The van der Waals surface area contributed by atoms with Gasteiger partial charge in [-0.05, 0) is 52.2 Å². The number of aromatic amines is 2. The molecule has 3 heterocycles. The van der Waals surface area contributed by atoms with Gasteiger partial charge in [0.2, 0.25) is 10.0 Å². The first kappa shape index (κ1) is 16.7. The minimum Gasteiger partial charge on any atom is -0.316 e. The van der Waals surface area contributed by atoms with E-state index in [0.717, 1.165) is 9.35 Å². The van der Waals surface area contributed by atoms with Crippen molar-refractivity contribution in [3.05, 3.63) is 59.2 Å². The summed E-state index contributed by atoms with van der Waals surface area (Å²) in [4.78, 5) is 28.9. The lowest BCUT2D eigenvalue weighted by molar-refractivity contribution is 0.394. The van der Waals surface area contributed by atoms with Crippen molar-refractivity contribution in [3.8, 4) is 0 Å². The molecule has 0 spiro atoms. The standard InChI is InChI=1S/C15H12BrN3O4S2/c16-13-5-8-7-19(4-3-12(8)24-13)25(22,23)9-1-2-10-11(6-9)18-15(21)14(20)17-10/h1-2,5-6H,3-4,7H2,(H,17,20)(H,18,21). The van der Waals surface area contributed by atoms with Crippen molar-refractivity contribution >= 4 is 48.3 Å². The molecule has 0 saturated heterocycles. The molecule has 2 aromatic heterocycles. The van der Waals surface area contributed by atoms with Gasteiger partial charge in [-0.25, -0.2) is 8.42 Å². The maximum atomic E-state index is 13.0. The monoisotopic (exact) mass is 441 g/mol. The number of hydrogen-bond donors (Lipinski definition) is 2. The molecule has 0 fully saturated rings. The van der Waals surface area contributed by atoms with Gasteiger partial charge in [0.25, 0.3) is 0 Å². The first-order valence-electron chi connectivity index (χ1n) is 7.38. The number of hydrogen-bond acceptors (Lipinski definition) is 5. The number of benzene rings is 1. The van der Waals surface area contributed by atoms with E-state index in [9.17, 15) is 18.0 Å². The van der Waals surface area contributed by atoms with Gasteiger partial charge in [-0.15, -0.1) is 11.3 Å². The van der Waals surface area contributed by atoms with Crippen molar-refractivity contribution in [2.75, 3.05) is 6.54 Å². The maximum Gasteiger partial charge on any atom is 0.314 e. The SMILES string of the molecule is O=c1[nH]c2ccc(S(=O)(=O)N3CCc4sc(Br)cc4C3)cc2[nH]c1=O. The zero-order chi connectivity index (χ0) is 17.8. The molecule has 1 aliphatic heterocycles. The molecule has 0 amide bonds. The quantitative estimate of drug-likeness (QED) is 0.591. The van der Waals surface area contributed by atoms with Gasteiger partial charge in [0, 0.05) is 18.0 Å². The fourth-order valence-corrected chi connectivity index (χ4v) is 6.07. The molecule has 4 rings (SSSR count). The van der Waals surface area contributed by atoms with Crippen LogP contribution in [-0.4, -0.2) is 29.2 Å². The van der Waals surface area contributed by atoms with Crippen LogP contribution in [0.1, 0.15) is 10.4 Å². The molecule has 0 aliphatic carbocycles. The third-order valence-corrected chi connectivity index (χ3v) is 7.71. The molecule has 0 bridgehead atoms. The second-order valence-electron chi connectivity index (χ2n) is 5.70. The number of H-pyrrole nitrogens is 2. The predicted octanol–water partition coefficient (Wildman–Crippen LogP) is 1.79. The van der Waals surface area contributed by atoms with Gasteiger partial charge >= 0.3 is 11.1 Å². The van der Waals surface area contributed by atoms with Crippen LogP contribution in [0.25, 0.3) is 11.0 Å². The molecule has 0 atom stereocenters. The summed E-state index contributed by atoms with van der Waals surface area (Å²) >= 11 is 5.06. The molecule has 0 radical (unpaired) electrons. The van der Waals surface area contributed by atoms with E-state index in [2.05, 4.69) is 25.9 Å². The highest BCUT2D eigenvalue weighted by molar-refractivity contribution is 9.11. The van der Waals surface area contributed by atoms with Crippen LogP contribution >= 0.6 is 27.3 Å². The van der Waals surface area contributed by atoms with Crippen LogP contribution in [0.2, 0.25) is 0 Å². The van der Waals surface area contributed by atoms with Gasteiger partial charge < -0.3 is 9.97 Å². The van der Waals surface area contributed by atoms with Gasteiger partial charge in [0.1, 0.15) is 0 Å². The highest BCUT2D eigenvalue weighted by atomic mass is 79.9. The van der Waals surface area contributed by atoms with Gasteiger partial charge in [-0.3, -0.25) is 9.59 Å². The zero-order valence-corrected chi connectivity index (χ0v) is 15.9. The molecule has 3 aromatic rings. The third kappa shape index (κ3) is 2.88. The highest BCUT2D eigenvalue weighted by Gasteiger charge is 2.29. The average molecular weight is 442 g/mol. The minimum atomic E-state index is -3.70. The Hall–Kier alpha value is -1.75. The van der Waals surface area contributed by atoms with Crippen LogP contribution in [0, 0.1) is 0 Å². The number of nitrogens with zero attached hydrogens (tertiary/aromatic N) is 1. The van der Waals surface area contributed by atoms with Crippen LogP contribution in [0.3, 0.4) is 0 Å². The minimum absolute atomic E-state index is 0.0837. The first-order valence-corrected chi connectivity index (χ1v) is 10.4. The molecular formula is C15H12BrN3O4S2. The van der Waals surface area contributed by atoms with E-state index in [-0.39, 0.29) is 10.4 Å². The van der Waals surface area contributed by atoms with E-state index >= 15 is 0 Å². The number of sulfonamides is 1. The van der Waals surface area contributed by atoms with Gasteiger partial charge in [0.05, 0.1) is 19.7 Å². The van der Waals surface area contributed by atoms with Crippen LogP contribution in [0.5, 0.6) is 0 Å². The summed E-state index contributed by atoms with van der Waals surface area (Å²) in [5.41, 5.74) is 0.0839. The van der Waals surface area contributed by atoms with Crippen molar-refractivity contribution < 1.29 is 8.42 Å². The fraction of sp³-hybridized carbons (Fsp3) is 0.200. The van der Waals surface area contributed by atoms with Crippen LogP contribution in [-0.2, 0) is 23.0 Å². The Bertz CT molecular complexity index is 1210. The fourth-order valence-electron chi connectivity index (χ4n) is 2.88. The van der Waals surface area contributed by atoms with E-state index < -0.39 is 21.1 Å². The van der Waals surface area contributed by atoms with E-state index in [1.807, 2.05) is 6.07 Å². The zero-order valence-electron chi connectivity index (χ0n) is 12.7. The lowest BCUT2D eigenvalue weighted by Crippen LogP contribution is -2.35. The molecule has 1 aromatic carbocycles. The van der Waals surface area contributed by atoms with Crippen LogP contribution in [0.15, 0.2) is 42.5 Å². The summed E-state index contributed by atoms with van der Waals surface area (Å²) in [5, 5.41) is 0. The molecule has 130 valence electrons. The Balaban J connectivity index is 1.75. The molecular weight excluding hydrogens is 430 g/mol. The lowest BCUT2D eigenvalue weighted by atomic mass is 10.1. The lowest BCUT2D eigenvalue weighted by Gasteiger charge is -2.26. The average Bonchev–Trinajstić information content (AvgIpc) is 2.94. The number of thiophene rings is 1. The number of fused-ring (bicyclic) bond motifs is 2. The Morgan fingerprint density at radius 1 is 1.08 bits per heavy atom. The second-order valence-corrected chi connectivity index (χ2v) is 10.2. The maximum absolute atomic E-state index is 13.0. The molecule has 7 nitrogen and oxygen atoms in total. The summed E-state index contributed by atoms with van der Waals surface area (Å²) in [6, 6.07) is 6.24. The first-order chi connectivity index (χ1) is 11.8. The van der Waals surface area contributed by atoms with Gasteiger partial charge in [0.15, 0.2) is 0 Å². The van der Waals surface area contributed by atoms with Crippen molar-refractivity contribution in [1.82, 2.24) is 14.3 Å². The Labute approximate surface area is 154 Å². The summed E-state index contributed by atoms with van der Waals surface area (Å²) in [6.45, 7) is 0.725. The van der Waals surface area contributed by atoms with Crippen LogP contribution in [0.4, 0.5) is 0 Å². The van der Waals surface area contributed by atoms with Crippen molar-refractivity contribution in [2.24, 2.45) is 0 Å². The smallest absolute Gasteiger partial charge is 0.314 e. The summed E-state index contributed by atoms with van der Waals surface area (Å²) < 4.78 is 28.3. The van der Waals surface area contributed by atoms with E-state index in [0.29, 0.717) is 25.0 Å². The Morgan fingerprint density at radius 3 is 2.56 bits per heavy atom. The topological polar surface area (TPSA) is 103 Å². The van der Waals surface area contributed by atoms with E-state index in [1.54, 1.807) is 11.3 Å². The van der Waals surface area contributed by atoms with Gasteiger partial charge in [-0.1, -0.05) is 0 Å². The second kappa shape index (κ2) is 5.90. The predicted molar refractivity (Wildman–Crippen MR) is 98.5 cm³/mol. The van der Waals surface area contributed by atoms with E-state index in [1.165, 1.54) is 27.4 Å². The molecule has 0 saturated carbocycles. The largest absolute Gasteiger partial charge is 0.316 e.